The van der Waals surface area contributed by atoms with E-state index in [1.807, 2.05) is 0 Å². The van der Waals surface area contributed by atoms with E-state index in [-0.39, 0.29) is 12.1 Å². The van der Waals surface area contributed by atoms with E-state index in [0.29, 0.717) is 6.04 Å². The molecule has 1 aromatic rings. The molecule has 0 amide bonds. The summed E-state index contributed by atoms with van der Waals surface area (Å²) < 4.78 is 1.14. The lowest BCUT2D eigenvalue weighted by atomic mass is 9.93. The maximum atomic E-state index is 9.29. The van der Waals surface area contributed by atoms with Crippen molar-refractivity contribution in [1.29, 1.82) is 0 Å². The Balaban J connectivity index is 2.37. The second-order valence-electron chi connectivity index (χ2n) is 5.91. The average molecular weight is 327 g/mol. The van der Waals surface area contributed by atoms with E-state index < -0.39 is 0 Å². The molecular formula is C15H23BrN2O. The van der Waals surface area contributed by atoms with Gasteiger partial charge in [-0.25, -0.2) is 0 Å². The molecule has 3 nitrogen and oxygen atoms in total. The number of hydrogen-bond donors (Lipinski definition) is 2. The molecule has 1 atom stereocenters. The molecule has 0 spiro atoms. The van der Waals surface area contributed by atoms with Crippen molar-refractivity contribution >= 4 is 21.6 Å². The molecule has 0 bridgehead atoms. The lowest BCUT2D eigenvalue weighted by Crippen LogP contribution is -2.63. The number of nitrogens with zero attached hydrogens (tertiary/aromatic N) is 1. The van der Waals surface area contributed by atoms with Gasteiger partial charge in [-0.05, 0) is 44.9 Å². The van der Waals surface area contributed by atoms with Gasteiger partial charge in [0.05, 0.1) is 0 Å². The topological polar surface area (TPSA) is 35.5 Å². The number of aryl methyl sites for hydroxylation is 1. The van der Waals surface area contributed by atoms with Gasteiger partial charge in [0.1, 0.15) is 0 Å². The monoisotopic (exact) mass is 326 g/mol. The second kappa shape index (κ2) is 5.81. The highest BCUT2D eigenvalue weighted by Crippen LogP contribution is 2.32. The van der Waals surface area contributed by atoms with Crippen LogP contribution < -0.4 is 10.2 Å². The van der Waals surface area contributed by atoms with Crippen LogP contribution in [-0.4, -0.2) is 36.4 Å². The van der Waals surface area contributed by atoms with Crippen molar-refractivity contribution in [2.75, 3.05) is 24.6 Å². The molecule has 1 aromatic carbocycles. The Morgan fingerprint density at radius 2 is 2.21 bits per heavy atom. The van der Waals surface area contributed by atoms with Crippen LogP contribution in [0.15, 0.2) is 22.7 Å². The molecular weight excluding hydrogens is 304 g/mol. The molecule has 1 fully saturated rings. The first-order valence-electron chi connectivity index (χ1n) is 6.83. The van der Waals surface area contributed by atoms with Crippen molar-refractivity contribution in [3.8, 4) is 0 Å². The van der Waals surface area contributed by atoms with Crippen molar-refractivity contribution in [3.63, 3.8) is 0 Å². The Bertz CT molecular complexity index is 446. The molecule has 2 rings (SSSR count). The first-order chi connectivity index (χ1) is 8.95. The van der Waals surface area contributed by atoms with Crippen molar-refractivity contribution in [1.82, 2.24) is 5.32 Å². The van der Waals surface area contributed by atoms with E-state index >= 15 is 0 Å². The summed E-state index contributed by atoms with van der Waals surface area (Å²) in [5, 5.41) is 12.8. The molecule has 19 heavy (non-hydrogen) atoms. The van der Waals surface area contributed by atoms with Gasteiger partial charge in [-0.1, -0.05) is 22.0 Å². The third-order valence-corrected chi connectivity index (χ3v) is 4.71. The van der Waals surface area contributed by atoms with Gasteiger partial charge in [-0.15, -0.1) is 0 Å². The van der Waals surface area contributed by atoms with Crippen LogP contribution in [0.25, 0.3) is 0 Å². The Kier molecular flexibility index (Phi) is 4.54. The van der Waals surface area contributed by atoms with Gasteiger partial charge in [-0.2, -0.15) is 0 Å². The van der Waals surface area contributed by atoms with E-state index in [1.54, 1.807) is 0 Å². The van der Waals surface area contributed by atoms with Gasteiger partial charge >= 0.3 is 0 Å². The summed E-state index contributed by atoms with van der Waals surface area (Å²) in [6.45, 7) is 8.71. The number of nitrogens with one attached hydrogen (secondary N) is 1. The number of benzene rings is 1. The van der Waals surface area contributed by atoms with Crippen LogP contribution in [0.2, 0.25) is 0 Å². The fraction of sp³-hybridized carbons (Fsp3) is 0.600. The summed E-state index contributed by atoms with van der Waals surface area (Å²) in [6, 6.07) is 6.85. The minimum absolute atomic E-state index is 0.0484. The summed E-state index contributed by atoms with van der Waals surface area (Å²) >= 11 is 3.62. The largest absolute Gasteiger partial charge is 0.396 e. The van der Waals surface area contributed by atoms with E-state index in [4.69, 9.17) is 0 Å². The molecule has 0 aliphatic carbocycles. The smallest absolute Gasteiger partial charge is 0.0473 e. The van der Waals surface area contributed by atoms with Crippen LogP contribution >= 0.6 is 15.9 Å². The van der Waals surface area contributed by atoms with Gasteiger partial charge < -0.3 is 15.3 Å². The number of aliphatic hydroxyl groups excluding tert-OH is 1. The molecule has 1 aliphatic rings. The highest BCUT2D eigenvalue weighted by atomic mass is 79.9. The lowest BCUT2D eigenvalue weighted by molar-refractivity contribution is 0.241. The quantitative estimate of drug-likeness (QED) is 0.896. The van der Waals surface area contributed by atoms with E-state index in [0.717, 1.165) is 24.0 Å². The molecule has 0 aromatic heterocycles. The molecule has 1 aliphatic heterocycles. The highest BCUT2D eigenvalue weighted by molar-refractivity contribution is 9.10. The predicted octanol–water partition coefficient (Wildman–Crippen LogP) is 2.70. The minimum atomic E-state index is 0.0484. The summed E-state index contributed by atoms with van der Waals surface area (Å²) in [4.78, 5) is 2.45. The standard InChI is InChI=1S/C15H23BrN2O/c1-11-4-5-12(8-14(11)16)18-13(6-7-19)9-17-10-15(18,2)3/h4-5,8,13,17,19H,6-7,9-10H2,1-3H3. The van der Waals surface area contributed by atoms with Gasteiger partial charge in [0.15, 0.2) is 0 Å². The fourth-order valence-corrected chi connectivity index (χ4v) is 3.25. The van der Waals surface area contributed by atoms with Gasteiger partial charge in [0, 0.05) is 41.4 Å². The Labute approximate surface area is 124 Å². The molecule has 2 N–H and O–H groups in total. The van der Waals surface area contributed by atoms with Crippen LogP contribution in [-0.2, 0) is 0 Å². The molecule has 1 unspecified atom stereocenters. The van der Waals surface area contributed by atoms with Gasteiger partial charge in [0.25, 0.3) is 0 Å². The van der Waals surface area contributed by atoms with Crippen LogP contribution in [0, 0.1) is 6.92 Å². The number of rotatable bonds is 3. The fourth-order valence-electron chi connectivity index (χ4n) is 2.89. The van der Waals surface area contributed by atoms with Gasteiger partial charge in [0.2, 0.25) is 0 Å². The molecule has 106 valence electrons. The van der Waals surface area contributed by atoms with Crippen LogP contribution in [0.3, 0.4) is 0 Å². The van der Waals surface area contributed by atoms with Crippen molar-refractivity contribution in [2.45, 2.75) is 38.8 Å². The zero-order chi connectivity index (χ0) is 14.0. The Morgan fingerprint density at radius 1 is 1.47 bits per heavy atom. The maximum Gasteiger partial charge on any atom is 0.0473 e. The summed E-state index contributed by atoms with van der Waals surface area (Å²) in [7, 11) is 0. The SMILES string of the molecule is Cc1ccc(N2C(CCO)CNCC2(C)C)cc1Br. The lowest BCUT2D eigenvalue weighted by Gasteiger charge is -2.50. The summed E-state index contributed by atoms with van der Waals surface area (Å²) in [5.74, 6) is 0. The van der Waals surface area contributed by atoms with E-state index in [1.165, 1.54) is 11.3 Å². The van der Waals surface area contributed by atoms with Gasteiger partial charge in [-0.3, -0.25) is 0 Å². The zero-order valence-corrected chi connectivity index (χ0v) is 13.5. The number of aliphatic hydroxyl groups is 1. The summed E-state index contributed by atoms with van der Waals surface area (Å²) in [6.07, 6.45) is 0.794. The van der Waals surface area contributed by atoms with Crippen LogP contribution in [0.4, 0.5) is 5.69 Å². The molecule has 4 heteroatoms. The normalized spacial score (nSPS) is 22.6. The van der Waals surface area contributed by atoms with Crippen molar-refractivity contribution in [2.24, 2.45) is 0 Å². The third-order valence-electron chi connectivity index (χ3n) is 3.85. The summed E-state index contributed by atoms with van der Waals surface area (Å²) in [5.41, 5.74) is 2.52. The van der Waals surface area contributed by atoms with Crippen molar-refractivity contribution < 1.29 is 5.11 Å². The Hall–Kier alpha value is -0.580. The molecule has 0 saturated carbocycles. The third kappa shape index (κ3) is 3.12. The number of halogens is 1. The molecule has 1 heterocycles. The van der Waals surface area contributed by atoms with E-state index in [9.17, 15) is 5.11 Å². The van der Waals surface area contributed by atoms with E-state index in [2.05, 4.69) is 65.1 Å². The Morgan fingerprint density at radius 3 is 2.84 bits per heavy atom. The van der Waals surface area contributed by atoms with Crippen LogP contribution in [0.1, 0.15) is 25.8 Å². The molecule has 1 saturated heterocycles. The zero-order valence-electron chi connectivity index (χ0n) is 11.9. The number of piperazine rings is 1. The predicted molar refractivity (Wildman–Crippen MR) is 83.8 cm³/mol. The maximum absolute atomic E-state index is 9.29. The minimum Gasteiger partial charge on any atom is -0.396 e. The first kappa shape index (κ1) is 14.8. The number of anilines is 1. The number of hydrogen-bond acceptors (Lipinski definition) is 3. The first-order valence-corrected chi connectivity index (χ1v) is 7.62. The average Bonchev–Trinajstić information content (AvgIpc) is 2.33. The molecule has 0 radical (unpaired) electrons. The van der Waals surface area contributed by atoms with Crippen molar-refractivity contribution in [3.05, 3.63) is 28.2 Å². The van der Waals surface area contributed by atoms with Crippen LogP contribution in [0.5, 0.6) is 0 Å². The highest BCUT2D eigenvalue weighted by Gasteiger charge is 2.36. The second-order valence-corrected chi connectivity index (χ2v) is 6.77.